The summed E-state index contributed by atoms with van der Waals surface area (Å²) in [5, 5.41) is 3.93. The number of hydrogen-bond acceptors (Lipinski definition) is 3. The predicted molar refractivity (Wildman–Crippen MR) is 69.5 cm³/mol. The third-order valence-corrected chi connectivity index (χ3v) is 2.82. The van der Waals surface area contributed by atoms with Gasteiger partial charge in [-0.1, -0.05) is 0 Å². The second kappa shape index (κ2) is 5.14. The Balaban J connectivity index is 1.93. The van der Waals surface area contributed by atoms with E-state index in [2.05, 4.69) is 10.2 Å². The molecule has 0 radical (unpaired) electrons. The molecule has 1 aliphatic rings. The summed E-state index contributed by atoms with van der Waals surface area (Å²) in [7, 11) is 0. The van der Waals surface area contributed by atoms with Crippen LogP contribution in [0.4, 0.5) is 11.4 Å². The highest BCUT2D eigenvalue weighted by Crippen LogP contribution is 2.11. The Labute approximate surface area is 100 Å². The zero-order valence-corrected chi connectivity index (χ0v) is 9.80. The first-order chi connectivity index (χ1) is 7.75. The Morgan fingerprint density at radius 1 is 1.25 bits per heavy atom. The van der Waals surface area contributed by atoms with Crippen molar-refractivity contribution in [1.82, 2.24) is 4.90 Å². The highest BCUT2D eigenvalue weighted by atomic mass is 32.1. The van der Waals surface area contributed by atoms with E-state index in [1.807, 2.05) is 24.3 Å². The Hall–Kier alpha value is -1.33. The lowest BCUT2D eigenvalue weighted by Gasteiger charge is -2.29. The first kappa shape index (κ1) is 11.2. The monoisotopic (exact) mass is 237 g/mol. The maximum absolute atomic E-state index is 5.61. The average molecular weight is 237 g/mol. The molecular formula is C11H15N3OS. The van der Waals surface area contributed by atoms with E-state index in [4.69, 9.17) is 22.7 Å². The normalized spacial score (nSPS) is 15.9. The summed E-state index contributed by atoms with van der Waals surface area (Å²) in [4.78, 5) is 2.11. The minimum atomic E-state index is 0.740. The van der Waals surface area contributed by atoms with E-state index >= 15 is 0 Å². The molecule has 1 fully saturated rings. The molecule has 16 heavy (non-hydrogen) atoms. The largest absolute Gasteiger partial charge is 0.399 e. The standard InChI is InChI=1S/C11H15N3OS/c12-9-1-3-10(4-2-9)13-11(16)14-5-7-15-8-6-14/h1-4H,5-8,12H2,(H,13,16). The Bertz CT molecular complexity index is 360. The maximum Gasteiger partial charge on any atom is 0.173 e. The number of ether oxygens (including phenoxy) is 1. The summed E-state index contributed by atoms with van der Waals surface area (Å²) < 4.78 is 5.27. The van der Waals surface area contributed by atoms with E-state index in [0.717, 1.165) is 42.8 Å². The molecule has 1 aliphatic heterocycles. The van der Waals surface area contributed by atoms with E-state index in [1.165, 1.54) is 0 Å². The average Bonchev–Trinajstić information content (AvgIpc) is 2.33. The van der Waals surface area contributed by atoms with Crippen LogP contribution >= 0.6 is 12.2 Å². The molecule has 1 saturated heterocycles. The van der Waals surface area contributed by atoms with Gasteiger partial charge in [0.2, 0.25) is 0 Å². The number of anilines is 2. The van der Waals surface area contributed by atoms with Crippen LogP contribution in [0.25, 0.3) is 0 Å². The summed E-state index contributed by atoms with van der Waals surface area (Å²) in [6, 6.07) is 7.54. The number of morpholine rings is 1. The van der Waals surface area contributed by atoms with Crippen LogP contribution < -0.4 is 11.1 Å². The van der Waals surface area contributed by atoms with Crippen molar-refractivity contribution in [3.8, 4) is 0 Å². The van der Waals surface area contributed by atoms with Gasteiger partial charge in [-0.25, -0.2) is 0 Å². The number of nitrogens with one attached hydrogen (secondary N) is 1. The molecule has 0 aromatic heterocycles. The van der Waals surface area contributed by atoms with Crippen LogP contribution in [-0.2, 0) is 4.74 Å². The zero-order chi connectivity index (χ0) is 11.4. The van der Waals surface area contributed by atoms with Crippen LogP contribution in [0.15, 0.2) is 24.3 Å². The molecule has 5 heteroatoms. The second-order valence-electron chi connectivity index (χ2n) is 3.65. The number of hydrogen-bond donors (Lipinski definition) is 2. The molecule has 0 spiro atoms. The number of benzene rings is 1. The minimum Gasteiger partial charge on any atom is -0.399 e. The molecule has 3 N–H and O–H groups in total. The van der Waals surface area contributed by atoms with Gasteiger partial charge in [-0.05, 0) is 36.5 Å². The molecule has 0 aliphatic carbocycles. The van der Waals surface area contributed by atoms with Crippen molar-refractivity contribution in [1.29, 1.82) is 0 Å². The van der Waals surface area contributed by atoms with E-state index in [-0.39, 0.29) is 0 Å². The second-order valence-corrected chi connectivity index (χ2v) is 4.04. The van der Waals surface area contributed by atoms with Gasteiger partial charge in [0.1, 0.15) is 0 Å². The molecule has 0 saturated carbocycles. The molecular weight excluding hydrogens is 222 g/mol. The smallest absolute Gasteiger partial charge is 0.173 e. The summed E-state index contributed by atoms with van der Waals surface area (Å²) in [6.45, 7) is 3.18. The quantitative estimate of drug-likeness (QED) is 0.569. The summed E-state index contributed by atoms with van der Waals surface area (Å²) in [5.74, 6) is 0. The topological polar surface area (TPSA) is 50.5 Å². The highest BCUT2D eigenvalue weighted by Gasteiger charge is 2.13. The van der Waals surface area contributed by atoms with Gasteiger partial charge < -0.3 is 20.7 Å². The van der Waals surface area contributed by atoms with Gasteiger partial charge in [0.15, 0.2) is 5.11 Å². The number of nitrogen functional groups attached to an aromatic ring is 1. The fourth-order valence-corrected chi connectivity index (χ4v) is 1.84. The van der Waals surface area contributed by atoms with Crippen molar-refractivity contribution in [3.05, 3.63) is 24.3 Å². The van der Waals surface area contributed by atoms with E-state index < -0.39 is 0 Å². The Kier molecular flexibility index (Phi) is 3.58. The zero-order valence-electron chi connectivity index (χ0n) is 8.98. The number of nitrogens with two attached hydrogens (primary N) is 1. The van der Waals surface area contributed by atoms with Crippen LogP contribution in [0, 0.1) is 0 Å². The van der Waals surface area contributed by atoms with Crippen molar-refractivity contribution < 1.29 is 4.74 Å². The van der Waals surface area contributed by atoms with Crippen molar-refractivity contribution in [2.24, 2.45) is 0 Å². The number of nitrogens with zero attached hydrogens (tertiary/aromatic N) is 1. The van der Waals surface area contributed by atoms with Gasteiger partial charge in [0.25, 0.3) is 0 Å². The van der Waals surface area contributed by atoms with Gasteiger partial charge >= 0.3 is 0 Å². The molecule has 4 nitrogen and oxygen atoms in total. The minimum absolute atomic E-state index is 0.740. The molecule has 1 heterocycles. The van der Waals surface area contributed by atoms with Crippen LogP contribution in [0.3, 0.4) is 0 Å². The van der Waals surface area contributed by atoms with Gasteiger partial charge in [-0.3, -0.25) is 0 Å². The van der Waals surface area contributed by atoms with Crippen molar-refractivity contribution in [3.63, 3.8) is 0 Å². The van der Waals surface area contributed by atoms with Crippen molar-refractivity contribution in [2.45, 2.75) is 0 Å². The van der Waals surface area contributed by atoms with E-state index in [0.29, 0.717) is 0 Å². The van der Waals surface area contributed by atoms with Crippen LogP contribution in [-0.4, -0.2) is 36.3 Å². The summed E-state index contributed by atoms with van der Waals surface area (Å²) >= 11 is 5.32. The SMILES string of the molecule is Nc1ccc(NC(=S)N2CCOCC2)cc1. The molecule has 1 aromatic rings. The van der Waals surface area contributed by atoms with Gasteiger partial charge in [-0.15, -0.1) is 0 Å². The van der Waals surface area contributed by atoms with Crippen molar-refractivity contribution >= 4 is 28.7 Å². The number of thiocarbonyl (C=S) groups is 1. The molecule has 0 unspecified atom stereocenters. The maximum atomic E-state index is 5.61. The molecule has 86 valence electrons. The predicted octanol–water partition coefficient (Wildman–Crippen LogP) is 1.30. The summed E-state index contributed by atoms with van der Waals surface area (Å²) in [5.41, 5.74) is 7.33. The van der Waals surface area contributed by atoms with Crippen LogP contribution in [0.5, 0.6) is 0 Å². The lowest BCUT2D eigenvalue weighted by atomic mass is 10.3. The first-order valence-electron chi connectivity index (χ1n) is 5.25. The molecule has 0 amide bonds. The first-order valence-corrected chi connectivity index (χ1v) is 5.66. The van der Waals surface area contributed by atoms with Gasteiger partial charge in [0, 0.05) is 24.5 Å². The van der Waals surface area contributed by atoms with Crippen LogP contribution in [0.2, 0.25) is 0 Å². The molecule has 0 atom stereocenters. The lowest BCUT2D eigenvalue weighted by Crippen LogP contribution is -2.42. The number of rotatable bonds is 1. The van der Waals surface area contributed by atoms with Crippen molar-refractivity contribution in [2.75, 3.05) is 37.4 Å². The Morgan fingerprint density at radius 3 is 2.50 bits per heavy atom. The fourth-order valence-electron chi connectivity index (χ4n) is 1.54. The molecule has 1 aromatic carbocycles. The third-order valence-electron chi connectivity index (χ3n) is 2.46. The summed E-state index contributed by atoms with van der Waals surface area (Å²) in [6.07, 6.45) is 0. The van der Waals surface area contributed by atoms with Crippen LogP contribution in [0.1, 0.15) is 0 Å². The lowest BCUT2D eigenvalue weighted by molar-refractivity contribution is 0.0690. The van der Waals surface area contributed by atoms with E-state index in [9.17, 15) is 0 Å². The third kappa shape index (κ3) is 2.84. The van der Waals surface area contributed by atoms with Gasteiger partial charge in [0.05, 0.1) is 13.2 Å². The Morgan fingerprint density at radius 2 is 1.88 bits per heavy atom. The molecule has 2 rings (SSSR count). The molecule has 0 bridgehead atoms. The fraction of sp³-hybridized carbons (Fsp3) is 0.364. The van der Waals surface area contributed by atoms with Gasteiger partial charge in [-0.2, -0.15) is 0 Å². The highest BCUT2D eigenvalue weighted by molar-refractivity contribution is 7.80. The van der Waals surface area contributed by atoms with E-state index in [1.54, 1.807) is 0 Å².